The number of alkyl halides is 1. The maximum absolute atomic E-state index is 12.1. The summed E-state index contributed by atoms with van der Waals surface area (Å²) in [7, 11) is 0. The summed E-state index contributed by atoms with van der Waals surface area (Å²) >= 11 is 5.59. The minimum atomic E-state index is -0.285. The predicted molar refractivity (Wildman–Crippen MR) is 84.4 cm³/mol. The molecule has 1 N–H and O–H groups in total. The van der Waals surface area contributed by atoms with Crippen LogP contribution >= 0.6 is 11.6 Å². The Bertz CT molecular complexity index is 608. The first-order valence-corrected chi connectivity index (χ1v) is 8.21. The van der Waals surface area contributed by atoms with Gasteiger partial charge in [-0.2, -0.15) is 0 Å². The van der Waals surface area contributed by atoms with Crippen LogP contribution in [0.15, 0.2) is 18.2 Å². The molecule has 124 valence electrons. The first-order chi connectivity index (χ1) is 11.2. The molecule has 1 atom stereocenters. The van der Waals surface area contributed by atoms with Crippen LogP contribution in [-0.4, -0.2) is 42.5 Å². The van der Waals surface area contributed by atoms with Gasteiger partial charge in [0.15, 0.2) is 11.5 Å². The second kappa shape index (κ2) is 7.08. The fourth-order valence-electron chi connectivity index (χ4n) is 2.78. The number of likely N-dealkylation sites (tertiary alicyclic amines) is 1. The Morgan fingerprint density at radius 2 is 2.17 bits per heavy atom. The number of carbonyl (C=O) groups excluding carboxylic acids is 2. The topological polar surface area (TPSA) is 67.9 Å². The molecule has 0 radical (unpaired) electrons. The first-order valence-electron chi connectivity index (χ1n) is 7.67. The van der Waals surface area contributed by atoms with E-state index in [-0.39, 0.29) is 30.9 Å². The van der Waals surface area contributed by atoms with Crippen LogP contribution in [-0.2, 0) is 16.1 Å². The summed E-state index contributed by atoms with van der Waals surface area (Å²) in [6, 6.07) is 5.63. The number of fused-ring (bicyclic) bond motifs is 1. The zero-order chi connectivity index (χ0) is 16.2. The average molecular weight is 339 g/mol. The predicted octanol–water partition coefficient (Wildman–Crippen LogP) is 1.51. The molecule has 1 saturated heterocycles. The quantitative estimate of drug-likeness (QED) is 0.630. The molecule has 1 aromatic carbocycles. The summed E-state index contributed by atoms with van der Waals surface area (Å²) in [6.07, 6.45) is 0.992. The normalized spacial score (nSPS) is 19.3. The van der Waals surface area contributed by atoms with Crippen LogP contribution in [0.1, 0.15) is 18.4 Å². The summed E-state index contributed by atoms with van der Waals surface area (Å²) in [5.74, 6) is 1.58. The van der Waals surface area contributed by atoms with Gasteiger partial charge in [0.05, 0.1) is 5.92 Å². The fourth-order valence-corrected chi connectivity index (χ4v) is 2.92. The Labute approximate surface area is 139 Å². The minimum absolute atomic E-state index is 0.000148. The molecule has 2 aliphatic heterocycles. The van der Waals surface area contributed by atoms with Crippen molar-refractivity contribution in [3.8, 4) is 11.5 Å². The number of halogens is 1. The fraction of sp³-hybridized carbons (Fsp3) is 0.500. The summed E-state index contributed by atoms with van der Waals surface area (Å²) < 4.78 is 10.6. The summed E-state index contributed by atoms with van der Waals surface area (Å²) in [4.78, 5) is 25.9. The molecule has 0 spiro atoms. The molecule has 3 rings (SSSR count). The van der Waals surface area contributed by atoms with Gasteiger partial charge in [0.2, 0.25) is 18.6 Å². The molecular weight excluding hydrogens is 320 g/mol. The lowest BCUT2D eigenvalue weighted by atomic mass is 10.1. The van der Waals surface area contributed by atoms with Crippen molar-refractivity contribution >= 4 is 23.4 Å². The highest BCUT2D eigenvalue weighted by Gasteiger charge is 2.34. The molecule has 23 heavy (non-hydrogen) atoms. The number of hydrogen-bond acceptors (Lipinski definition) is 4. The molecule has 2 amide bonds. The van der Waals surface area contributed by atoms with Gasteiger partial charge in [-0.15, -0.1) is 11.6 Å². The van der Waals surface area contributed by atoms with E-state index in [1.54, 1.807) is 4.90 Å². The number of amides is 2. The van der Waals surface area contributed by atoms with Gasteiger partial charge in [-0.25, -0.2) is 0 Å². The summed E-state index contributed by atoms with van der Waals surface area (Å²) in [6.45, 7) is 1.70. The van der Waals surface area contributed by atoms with Crippen LogP contribution in [0.2, 0.25) is 0 Å². The number of rotatable bonds is 6. The van der Waals surface area contributed by atoms with Gasteiger partial charge in [-0.1, -0.05) is 6.07 Å². The van der Waals surface area contributed by atoms with Gasteiger partial charge < -0.3 is 19.7 Å². The van der Waals surface area contributed by atoms with Crippen molar-refractivity contribution < 1.29 is 19.1 Å². The minimum Gasteiger partial charge on any atom is -0.454 e. The average Bonchev–Trinajstić information content (AvgIpc) is 3.14. The third kappa shape index (κ3) is 3.69. The van der Waals surface area contributed by atoms with Crippen molar-refractivity contribution in [1.29, 1.82) is 0 Å². The second-order valence-corrected chi connectivity index (χ2v) is 6.07. The van der Waals surface area contributed by atoms with E-state index in [1.165, 1.54) is 0 Å². The highest BCUT2D eigenvalue weighted by Crippen LogP contribution is 2.33. The molecule has 1 unspecified atom stereocenters. The summed E-state index contributed by atoms with van der Waals surface area (Å²) in [5, 5.41) is 2.83. The lowest BCUT2D eigenvalue weighted by molar-refractivity contribution is -0.129. The molecule has 1 aromatic rings. The Hall–Kier alpha value is -1.95. The van der Waals surface area contributed by atoms with Crippen molar-refractivity contribution in [3.63, 3.8) is 0 Å². The number of ether oxygens (including phenoxy) is 2. The smallest absolute Gasteiger partial charge is 0.231 e. The second-order valence-electron chi connectivity index (χ2n) is 5.70. The van der Waals surface area contributed by atoms with E-state index in [2.05, 4.69) is 5.32 Å². The molecule has 0 aromatic heterocycles. The zero-order valence-electron chi connectivity index (χ0n) is 12.7. The van der Waals surface area contributed by atoms with E-state index in [9.17, 15) is 9.59 Å². The van der Waals surface area contributed by atoms with Crippen LogP contribution in [0.5, 0.6) is 11.5 Å². The number of nitrogens with zero attached hydrogens (tertiary/aromatic N) is 1. The third-order valence-corrected chi connectivity index (χ3v) is 4.27. The van der Waals surface area contributed by atoms with Crippen molar-refractivity contribution in [2.24, 2.45) is 5.92 Å². The molecular formula is C16H19ClN2O4. The van der Waals surface area contributed by atoms with E-state index in [0.29, 0.717) is 31.3 Å². The van der Waals surface area contributed by atoms with Crippen LogP contribution in [0, 0.1) is 5.92 Å². The monoisotopic (exact) mass is 338 g/mol. The SMILES string of the molecule is O=C(NCCCCl)C1CC(=O)N(Cc2ccc3c(c2)OCO3)C1. The zero-order valence-corrected chi connectivity index (χ0v) is 13.5. The van der Waals surface area contributed by atoms with Gasteiger partial charge in [0, 0.05) is 31.9 Å². The lowest BCUT2D eigenvalue weighted by Gasteiger charge is -2.17. The highest BCUT2D eigenvalue weighted by molar-refractivity contribution is 6.17. The van der Waals surface area contributed by atoms with Crippen molar-refractivity contribution in [3.05, 3.63) is 23.8 Å². The molecule has 2 aliphatic rings. The van der Waals surface area contributed by atoms with E-state index in [0.717, 1.165) is 17.7 Å². The number of nitrogens with one attached hydrogen (secondary N) is 1. The third-order valence-electron chi connectivity index (χ3n) is 4.01. The molecule has 0 bridgehead atoms. The van der Waals surface area contributed by atoms with E-state index < -0.39 is 0 Å². The molecule has 7 heteroatoms. The van der Waals surface area contributed by atoms with Gasteiger partial charge in [-0.05, 0) is 24.1 Å². The number of hydrogen-bond donors (Lipinski definition) is 1. The maximum atomic E-state index is 12.1. The van der Waals surface area contributed by atoms with Crippen LogP contribution < -0.4 is 14.8 Å². The van der Waals surface area contributed by atoms with Gasteiger partial charge in [-0.3, -0.25) is 9.59 Å². The Morgan fingerprint density at radius 3 is 3.00 bits per heavy atom. The maximum Gasteiger partial charge on any atom is 0.231 e. The van der Waals surface area contributed by atoms with Crippen molar-refractivity contribution in [2.75, 3.05) is 25.8 Å². The first kappa shape index (κ1) is 15.9. The Morgan fingerprint density at radius 1 is 1.35 bits per heavy atom. The Kier molecular flexibility index (Phi) is 4.91. The standard InChI is InChI=1S/C16H19ClN2O4/c17-4-1-5-18-16(21)12-7-15(20)19(9-12)8-11-2-3-13-14(6-11)23-10-22-13/h2-3,6,12H,1,4-5,7-10H2,(H,18,21). The van der Waals surface area contributed by atoms with E-state index in [4.69, 9.17) is 21.1 Å². The van der Waals surface area contributed by atoms with E-state index in [1.807, 2.05) is 18.2 Å². The molecule has 1 fully saturated rings. The van der Waals surface area contributed by atoms with Crippen molar-refractivity contribution in [1.82, 2.24) is 10.2 Å². The number of carbonyl (C=O) groups is 2. The van der Waals surface area contributed by atoms with Crippen LogP contribution in [0.3, 0.4) is 0 Å². The molecule has 6 nitrogen and oxygen atoms in total. The summed E-state index contributed by atoms with van der Waals surface area (Å²) in [5.41, 5.74) is 0.964. The Balaban J connectivity index is 1.57. The molecule has 0 aliphatic carbocycles. The van der Waals surface area contributed by atoms with Crippen molar-refractivity contribution in [2.45, 2.75) is 19.4 Å². The van der Waals surface area contributed by atoms with Crippen LogP contribution in [0.4, 0.5) is 0 Å². The van der Waals surface area contributed by atoms with Gasteiger partial charge in [0.25, 0.3) is 0 Å². The number of benzene rings is 1. The lowest BCUT2D eigenvalue weighted by Crippen LogP contribution is -2.33. The van der Waals surface area contributed by atoms with E-state index >= 15 is 0 Å². The molecule has 2 heterocycles. The largest absolute Gasteiger partial charge is 0.454 e. The van der Waals surface area contributed by atoms with Gasteiger partial charge in [0.1, 0.15) is 0 Å². The van der Waals surface area contributed by atoms with Gasteiger partial charge >= 0.3 is 0 Å². The van der Waals surface area contributed by atoms with Crippen LogP contribution in [0.25, 0.3) is 0 Å². The highest BCUT2D eigenvalue weighted by atomic mass is 35.5. The molecule has 0 saturated carbocycles.